The van der Waals surface area contributed by atoms with Crippen molar-refractivity contribution < 1.29 is 14.7 Å². The zero-order chi connectivity index (χ0) is 23.1. The first-order chi connectivity index (χ1) is 15.4. The Morgan fingerprint density at radius 3 is 2.62 bits per heavy atom. The van der Waals surface area contributed by atoms with Crippen LogP contribution in [0.25, 0.3) is 0 Å². The Labute approximate surface area is 193 Å². The summed E-state index contributed by atoms with van der Waals surface area (Å²) < 4.78 is 0. The molecule has 0 bridgehead atoms. The molecular formula is C24H27ClN4O3. The number of likely N-dealkylation sites (tertiary alicyclic amines) is 1. The van der Waals surface area contributed by atoms with Gasteiger partial charge in [0.25, 0.3) is 0 Å². The van der Waals surface area contributed by atoms with Gasteiger partial charge in [-0.2, -0.15) is 5.26 Å². The average Bonchev–Trinajstić information content (AvgIpc) is 2.78. The van der Waals surface area contributed by atoms with Gasteiger partial charge in [0.05, 0.1) is 24.7 Å². The van der Waals surface area contributed by atoms with Crippen molar-refractivity contribution in [1.82, 2.24) is 4.90 Å². The third-order valence-corrected chi connectivity index (χ3v) is 6.10. The molecule has 0 radical (unpaired) electrons. The van der Waals surface area contributed by atoms with Crippen LogP contribution in [0.5, 0.6) is 5.75 Å². The highest BCUT2D eigenvalue weighted by Gasteiger charge is 2.28. The van der Waals surface area contributed by atoms with E-state index in [1.807, 2.05) is 17.9 Å². The smallest absolute Gasteiger partial charge is 0.241 e. The number of hydrogen-bond donors (Lipinski definition) is 2. The molecule has 0 unspecified atom stereocenters. The molecule has 1 aliphatic heterocycles. The number of aryl methyl sites for hydroxylation is 1. The minimum atomic E-state index is -0.172. The van der Waals surface area contributed by atoms with Gasteiger partial charge in [-0.15, -0.1) is 0 Å². The molecule has 2 aromatic rings. The van der Waals surface area contributed by atoms with Crippen LogP contribution in [0.4, 0.5) is 11.4 Å². The second-order valence-corrected chi connectivity index (χ2v) is 8.35. The van der Waals surface area contributed by atoms with Gasteiger partial charge in [-0.3, -0.25) is 14.5 Å². The molecule has 32 heavy (non-hydrogen) atoms. The number of piperidine rings is 1. The van der Waals surface area contributed by atoms with Crippen molar-refractivity contribution in [2.75, 3.05) is 36.4 Å². The number of amides is 2. The summed E-state index contributed by atoms with van der Waals surface area (Å²) in [6.07, 6.45) is 1.50. The van der Waals surface area contributed by atoms with Crippen LogP contribution in [0, 0.1) is 24.2 Å². The van der Waals surface area contributed by atoms with Gasteiger partial charge in [-0.05, 0) is 68.8 Å². The molecule has 7 nitrogen and oxygen atoms in total. The van der Waals surface area contributed by atoms with Gasteiger partial charge in [0, 0.05) is 23.2 Å². The minimum Gasteiger partial charge on any atom is -0.506 e. The number of para-hydroxylation sites is 2. The van der Waals surface area contributed by atoms with Crippen LogP contribution in [-0.2, 0) is 9.59 Å². The fourth-order valence-corrected chi connectivity index (χ4v) is 3.92. The fraction of sp³-hybridized carbons (Fsp3) is 0.375. The molecule has 168 valence electrons. The Bertz CT molecular complexity index is 1010. The molecule has 0 saturated carbocycles. The number of phenols is 1. The molecule has 2 N–H and O–H groups in total. The van der Waals surface area contributed by atoms with Crippen LogP contribution in [0.3, 0.4) is 0 Å². The molecule has 0 aliphatic carbocycles. The lowest BCUT2D eigenvalue weighted by atomic mass is 9.95. The first-order valence-corrected chi connectivity index (χ1v) is 11.0. The number of halogens is 1. The Kier molecular flexibility index (Phi) is 8.09. The van der Waals surface area contributed by atoms with Gasteiger partial charge in [0.2, 0.25) is 11.8 Å². The van der Waals surface area contributed by atoms with E-state index in [1.54, 1.807) is 35.2 Å². The van der Waals surface area contributed by atoms with Crippen LogP contribution in [-0.4, -0.2) is 48.0 Å². The van der Waals surface area contributed by atoms with Crippen LogP contribution >= 0.6 is 11.6 Å². The Morgan fingerprint density at radius 2 is 1.97 bits per heavy atom. The Morgan fingerprint density at radius 1 is 1.25 bits per heavy atom. The number of anilines is 2. The van der Waals surface area contributed by atoms with Gasteiger partial charge in [-0.25, -0.2) is 0 Å². The van der Waals surface area contributed by atoms with E-state index in [1.165, 1.54) is 6.07 Å². The first-order valence-electron chi connectivity index (χ1n) is 10.6. The van der Waals surface area contributed by atoms with Crippen molar-refractivity contribution in [1.29, 1.82) is 5.26 Å². The van der Waals surface area contributed by atoms with Gasteiger partial charge in [0.1, 0.15) is 5.75 Å². The zero-order valence-corrected chi connectivity index (χ0v) is 18.8. The predicted octanol–water partition coefficient (Wildman–Crippen LogP) is 3.95. The third-order valence-electron chi connectivity index (χ3n) is 5.68. The van der Waals surface area contributed by atoms with Crippen LogP contribution in [0.15, 0.2) is 42.5 Å². The summed E-state index contributed by atoms with van der Waals surface area (Å²) in [7, 11) is 0. The number of nitrogens with one attached hydrogen (secondary N) is 1. The Balaban J connectivity index is 1.57. The molecule has 1 saturated heterocycles. The molecule has 1 heterocycles. The lowest BCUT2D eigenvalue weighted by Gasteiger charge is -2.32. The lowest BCUT2D eigenvalue weighted by molar-refractivity contribution is -0.122. The fourth-order valence-electron chi connectivity index (χ4n) is 3.80. The molecule has 1 fully saturated rings. The van der Waals surface area contributed by atoms with Gasteiger partial charge in [0.15, 0.2) is 0 Å². The molecule has 0 atom stereocenters. The maximum atomic E-state index is 13.0. The molecule has 2 amide bonds. The summed E-state index contributed by atoms with van der Waals surface area (Å²) in [4.78, 5) is 29.3. The summed E-state index contributed by atoms with van der Waals surface area (Å²) in [5.74, 6) is -0.336. The second-order valence-electron chi connectivity index (χ2n) is 7.94. The van der Waals surface area contributed by atoms with E-state index in [2.05, 4.69) is 11.4 Å². The van der Waals surface area contributed by atoms with Crippen molar-refractivity contribution in [2.45, 2.75) is 26.2 Å². The van der Waals surface area contributed by atoms with E-state index >= 15 is 0 Å². The summed E-state index contributed by atoms with van der Waals surface area (Å²) >= 11 is 6.11. The van der Waals surface area contributed by atoms with Gasteiger partial charge in [-0.1, -0.05) is 23.7 Å². The summed E-state index contributed by atoms with van der Waals surface area (Å²) in [6.45, 7) is 3.66. The van der Waals surface area contributed by atoms with Crippen LogP contribution in [0.1, 0.15) is 24.8 Å². The highest BCUT2D eigenvalue weighted by molar-refractivity contribution is 6.31. The van der Waals surface area contributed by atoms with E-state index < -0.39 is 0 Å². The molecular weight excluding hydrogens is 428 g/mol. The number of carbonyl (C=O) groups is 2. The van der Waals surface area contributed by atoms with Gasteiger partial charge >= 0.3 is 0 Å². The van der Waals surface area contributed by atoms with Crippen molar-refractivity contribution in [2.24, 2.45) is 5.92 Å². The number of nitrogens with zero attached hydrogens (tertiary/aromatic N) is 3. The molecule has 0 spiro atoms. The molecule has 2 aromatic carbocycles. The molecule has 8 heteroatoms. The van der Waals surface area contributed by atoms with Crippen molar-refractivity contribution >= 4 is 34.8 Å². The minimum absolute atomic E-state index is 0.0405. The Hall–Kier alpha value is -3.08. The third kappa shape index (κ3) is 6.00. The SMILES string of the molecule is Cc1cc(N(CCC#N)C(=O)CN2CCC(C(=O)Nc3ccccc3O)CC2)ccc1Cl. The van der Waals surface area contributed by atoms with E-state index in [-0.39, 0.29) is 36.4 Å². The van der Waals surface area contributed by atoms with Crippen molar-refractivity contribution in [3.63, 3.8) is 0 Å². The predicted molar refractivity (Wildman–Crippen MR) is 125 cm³/mol. The second kappa shape index (κ2) is 11.0. The maximum Gasteiger partial charge on any atom is 0.241 e. The standard InChI is InChI=1S/C24H27ClN4O3/c1-17-15-19(7-8-20(17)25)29(12-4-11-26)23(31)16-28-13-9-18(10-14-28)24(32)27-21-5-2-3-6-22(21)30/h2-3,5-8,15,18,30H,4,9-10,12-14,16H2,1H3,(H,27,32). The largest absolute Gasteiger partial charge is 0.506 e. The van der Waals surface area contributed by atoms with Crippen molar-refractivity contribution in [3.8, 4) is 11.8 Å². The number of phenolic OH excluding ortho intramolecular Hbond substituents is 1. The number of hydrogen-bond acceptors (Lipinski definition) is 5. The molecule has 1 aliphatic rings. The zero-order valence-electron chi connectivity index (χ0n) is 18.1. The first kappa shape index (κ1) is 23.6. The lowest BCUT2D eigenvalue weighted by Crippen LogP contribution is -2.45. The van der Waals surface area contributed by atoms with E-state index in [0.717, 1.165) is 11.3 Å². The molecule has 0 aromatic heterocycles. The van der Waals surface area contributed by atoms with Crippen LogP contribution < -0.4 is 10.2 Å². The van der Waals surface area contributed by atoms with E-state index in [0.29, 0.717) is 43.2 Å². The number of benzene rings is 2. The number of nitriles is 1. The highest BCUT2D eigenvalue weighted by atomic mass is 35.5. The van der Waals surface area contributed by atoms with E-state index in [9.17, 15) is 14.7 Å². The summed E-state index contributed by atoms with van der Waals surface area (Å²) in [5.41, 5.74) is 2.00. The average molecular weight is 455 g/mol. The molecule has 3 rings (SSSR count). The number of rotatable bonds is 7. The maximum absolute atomic E-state index is 13.0. The number of carbonyl (C=O) groups excluding carboxylic acids is 2. The van der Waals surface area contributed by atoms with Crippen LogP contribution in [0.2, 0.25) is 5.02 Å². The highest BCUT2D eigenvalue weighted by Crippen LogP contribution is 2.26. The van der Waals surface area contributed by atoms with Crippen molar-refractivity contribution in [3.05, 3.63) is 53.1 Å². The topological polar surface area (TPSA) is 96.7 Å². The quantitative estimate of drug-likeness (QED) is 0.617. The normalized spacial score (nSPS) is 14.5. The summed E-state index contributed by atoms with van der Waals surface area (Å²) in [6, 6.07) is 14.2. The van der Waals surface area contributed by atoms with Gasteiger partial charge < -0.3 is 15.3 Å². The monoisotopic (exact) mass is 454 g/mol. The number of aromatic hydroxyl groups is 1. The summed E-state index contributed by atoms with van der Waals surface area (Å²) in [5, 5.41) is 22.3. The van der Waals surface area contributed by atoms with E-state index in [4.69, 9.17) is 16.9 Å².